The molecule has 2 rings (SSSR count). The van der Waals surface area contributed by atoms with Crippen molar-refractivity contribution in [1.82, 2.24) is 10.3 Å². The average molecular weight is 283 g/mol. The molecule has 1 amide bonds. The van der Waals surface area contributed by atoms with Crippen LogP contribution in [-0.2, 0) is 0 Å². The number of nitrogens with one attached hydrogen (secondary N) is 1. The molecule has 1 saturated heterocycles. The van der Waals surface area contributed by atoms with Crippen molar-refractivity contribution in [3.8, 4) is 0 Å². The lowest BCUT2D eigenvalue weighted by atomic mass is 10.3. The number of anilines is 2. The minimum Gasteiger partial charge on any atom is -0.382 e. The van der Waals surface area contributed by atoms with Crippen LogP contribution in [0.5, 0.6) is 0 Å². The molecule has 7 heteroatoms. The Kier molecular flexibility index (Phi) is 4.60. The van der Waals surface area contributed by atoms with E-state index in [4.69, 9.17) is 11.5 Å². The van der Waals surface area contributed by atoms with Gasteiger partial charge in [0.15, 0.2) is 5.13 Å². The summed E-state index contributed by atoms with van der Waals surface area (Å²) in [5.74, 6) is 0.188. The van der Waals surface area contributed by atoms with Gasteiger partial charge in [-0.15, -0.1) is 0 Å². The maximum absolute atomic E-state index is 12.0. The lowest BCUT2D eigenvalue weighted by molar-refractivity contribution is 0.0958. The molecule has 0 bridgehead atoms. The zero-order valence-corrected chi connectivity index (χ0v) is 12.0. The van der Waals surface area contributed by atoms with Crippen molar-refractivity contribution in [2.45, 2.75) is 32.2 Å². The predicted molar refractivity (Wildman–Crippen MR) is 78.6 cm³/mol. The number of nitrogens with zero attached hydrogens (tertiary/aromatic N) is 2. The second kappa shape index (κ2) is 6.21. The van der Waals surface area contributed by atoms with E-state index in [1.165, 1.54) is 11.3 Å². The predicted octanol–water partition coefficient (Wildman–Crippen LogP) is 0.793. The smallest absolute Gasteiger partial charge is 0.265 e. The zero-order valence-electron chi connectivity index (χ0n) is 11.2. The summed E-state index contributed by atoms with van der Waals surface area (Å²) in [5, 5.41) is 3.66. The first-order chi connectivity index (χ1) is 9.11. The Hall–Kier alpha value is -1.34. The normalized spacial score (nSPS) is 18.8. The molecule has 106 valence electrons. The van der Waals surface area contributed by atoms with Gasteiger partial charge in [-0.2, -0.15) is 0 Å². The lowest BCUT2D eigenvalue weighted by Gasteiger charge is -2.12. The molecule has 1 aromatic rings. The molecular weight excluding hydrogens is 262 g/mol. The molecule has 5 N–H and O–H groups in total. The third-order valence-corrected chi connectivity index (χ3v) is 4.29. The summed E-state index contributed by atoms with van der Waals surface area (Å²) >= 11 is 1.35. The van der Waals surface area contributed by atoms with Gasteiger partial charge in [-0.25, -0.2) is 4.98 Å². The Bertz CT molecular complexity index is 447. The van der Waals surface area contributed by atoms with Gasteiger partial charge in [-0.05, 0) is 12.8 Å². The van der Waals surface area contributed by atoms with E-state index in [1.54, 1.807) is 0 Å². The minimum atomic E-state index is -0.127. The highest BCUT2D eigenvalue weighted by molar-refractivity contribution is 7.18. The van der Waals surface area contributed by atoms with Crippen molar-refractivity contribution in [2.75, 3.05) is 30.3 Å². The number of thiazole rings is 1. The minimum absolute atomic E-state index is 0.127. The molecule has 0 saturated carbocycles. The van der Waals surface area contributed by atoms with Crippen LogP contribution in [-0.4, -0.2) is 36.6 Å². The van der Waals surface area contributed by atoms with Gasteiger partial charge in [0.1, 0.15) is 10.7 Å². The van der Waals surface area contributed by atoms with Gasteiger partial charge in [-0.1, -0.05) is 24.7 Å². The first-order valence-electron chi connectivity index (χ1n) is 6.66. The summed E-state index contributed by atoms with van der Waals surface area (Å²) in [6.07, 6.45) is 2.98. The molecule has 1 unspecified atom stereocenters. The van der Waals surface area contributed by atoms with Gasteiger partial charge in [-0.3, -0.25) is 4.79 Å². The van der Waals surface area contributed by atoms with E-state index >= 15 is 0 Å². The summed E-state index contributed by atoms with van der Waals surface area (Å²) < 4.78 is 0. The van der Waals surface area contributed by atoms with Gasteiger partial charge in [0.2, 0.25) is 0 Å². The number of amides is 1. The van der Waals surface area contributed by atoms with Gasteiger partial charge in [0.25, 0.3) is 5.91 Å². The van der Waals surface area contributed by atoms with Crippen LogP contribution in [0, 0.1) is 0 Å². The second-order valence-electron chi connectivity index (χ2n) is 4.82. The molecule has 19 heavy (non-hydrogen) atoms. The molecule has 1 fully saturated rings. The molecule has 0 aromatic carbocycles. The highest BCUT2D eigenvalue weighted by atomic mass is 32.1. The molecule has 1 atom stereocenters. The maximum Gasteiger partial charge on any atom is 0.265 e. The first kappa shape index (κ1) is 14.1. The van der Waals surface area contributed by atoms with Crippen molar-refractivity contribution in [3.05, 3.63) is 4.88 Å². The van der Waals surface area contributed by atoms with Crippen LogP contribution in [0.25, 0.3) is 0 Å². The summed E-state index contributed by atoms with van der Waals surface area (Å²) in [7, 11) is 0. The molecule has 0 aliphatic carbocycles. The highest BCUT2D eigenvalue weighted by Crippen LogP contribution is 2.30. The number of unbranched alkanes of at least 4 members (excludes halogenated alkanes) is 1. The molecule has 2 heterocycles. The number of aromatic nitrogens is 1. The number of carbonyl (C=O) groups is 1. The Balaban J connectivity index is 2.02. The van der Waals surface area contributed by atoms with Crippen molar-refractivity contribution >= 4 is 28.2 Å². The van der Waals surface area contributed by atoms with Crippen LogP contribution in [0.15, 0.2) is 0 Å². The average Bonchev–Trinajstić information content (AvgIpc) is 2.95. The molecule has 0 spiro atoms. The maximum atomic E-state index is 12.0. The summed E-state index contributed by atoms with van der Waals surface area (Å²) in [4.78, 5) is 18.8. The van der Waals surface area contributed by atoms with Crippen LogP contribution in [0.3, 0.4) is 0 Å². The van der Waals surface area contributed by atoms with Gasteiger partial charge < -0.3 is 21.7 Å². The summed E-state index contributed by atoms with van der Waals surface area (Å²) in [6, 6.07) is 0.187. The largest absolute Gasteiger partial charge is 0.382 e. The summed E-state index contributed by atoms with van der Waals surface area (Å²) in [6.45, 7) is 4.42. The number of nitrogens with two attached hydrogens (primary N) is 2. The highest BCUT2D eigenvalue weighted by Gasteiger charge is 2.24. The molecule has 1 aromatic heterocycles. The number of nitrogen functional groups attached to an aromatic ring is 1. The number of hydrogen-bond donors (Lipinski definition) is 3. The number of carbonyl (C=O) groups excluding carboxylic acids is 1. The zero-order chi connectivity index (χ0) is 13.8. The third kappa shape index (κ3) is 3.36. The van der Waals surface area contributed by atoms with Crippen molar-refractivity contribution in [2.24, 2.45) is 5.73 Å². The van der Waals surface area contributed by atoms with E-state index in [9.17, 15) is 4.79 Å². The fourth-order valence-corrected chi connectivity index (χ4v) is 2.97. The van der Waals surface area contributed by atoms with E-state index in [0.29, 0.717) is 17.2 Å². The van der Waals surface area contributed by atoms with Crippen LogP contribution >= 0.6 is 11.3 Å². The van der Waals surface area contributed by atoms with E-state index in [0.717, 1.165) is 37.5 Å². The van der Waals surface area contributed by atoms with E-state index in [1.807, 2.05) is 0 Å². The third-order valence-electron chi connectivity index (χ3n) is 3.16. The Labute approximate surface area is 117 Å². The van der Waals surface area contributed by atoms with E-state index in [-0.39, 0.29) is 11.9 Å². The van der Waals surface area contributed by atoms with Crippen LogP contribution in [0.2, 0.25) is 0 Å². The quantitative estimate of drug-likeness (QED) is 0.694. The van der Waals surface area contributed by atoms with E-state index < -0.39 is 0 Å². The lowest BCUT2D eigenvalue weighted by Crippen LogP contribution is -2.26. The Morgan fingerprint density at radius 3 is 3.05 bits per heavy atom. The topological polar surface area (TPSA) is 97.3 Å². The Morgan fingerprint density at radius 1 is 1.63 bits per heavy atom. The van der Waals surface area contributed by atoms with Gasteiger partial charge in [0.05, 0.1) is 0 Å². The SMILES string of the molecule is CCCCNC(=O)c1sc(N2CCC(N)C2)nc1N. The van der Waals surface area contributed by atoms with Crippen LogP contribution in [0.4, 0.5) is 10.9 Å². The van der Waals surface area contributed by atoms with Crippen LogP contribution in [0.1, 0.15) is 35.9 Å². The molecule has 6 nitrogen and oxygen atoms in total. The molecule has 0 radical (unpaired) electrons. The van der Waals surface area contributed by atoms with E-state index in [2.05, 4.69) is 22.1 Å². The standard InChI is InChI=1S/C12H21N5OS/c1-2-3-5-15-11(18)9-10(14)16-12(19-9)17-6-4-8(13)7-17/h8H,2-7,13-14H2,1H3,(H,15,18). The van der Waals surface area contributed by atoms with Crippen molar-refractivity contribution in [3.63, 3.8) is 0 Å². The van der Waals surface area contributed by atoms with Gasteiger partial charge >= 0.3 is 0 Å². The Morgan fingerprint density at radius 2 is 2.42 bits per heavy atom. The fourth-order valence-electron chi connectivity index (χ4n) is 2.04. The van der Waals surface area contributed by atoms with Gasteiger partial charge in [0, 0.05) is 25.7 Å². The van der Waals surface area contributed by atoms with Crippen LogP contribution < -0.4 is 21.7 Å². The number of rotatable bonds is 5. The summed E-state index contributed by atoms with van der Waals surface area (Å²) in [5.41, 5.74) is 11.7. The van der Waals surface area contributed by atoms with Crippen molar-refractivity contribution < 1.29 is 4.79 Å². The molecule has 1 aliphatic rings. The van der Waals surface area contributed by atoms with Crippen molar-refractivity contribution in [1.29, 1.82) is 0 Å². The monoisotopic (exact) mass is 283 g/mol. The number of hydrogen-bond acceptors (Lipinski definition) is 6. The molecular formula is C12H21N5OS. The fraction of sp³-hybridized carbons (Fsp3) is 0.667. The first-order valence-corrected chi connectivity index (χ1v) is 7.48. The second-order valence-corrected chi connectivity index (χ2v) is 5.79. The molecule has 1 aliphatic heterocycles.